The van der Waals surface area contributed by atoms with Gasteiger partial charge in [-0.05, 0) is 18.0 Å². The SMILES string of the molecule is [2H]c1c([2H])c([2H])c(CC=C)c(O)c1[2H]. The number of rotatable bonds is 2. The van der Waals surface area contributed by atoms with Crippen molar-refractivity contribution in [1.29, 1.82) is 0 Å². The molecule has 10 heavy (non-hydrogen) atoms. The molecule has 1 aromatic rings. The van der Waals surface area contributed by atoms with Crippen LogP contribution in [0.4, 0.5) is 0 Å². The van der Waals surface area contributed by atoms with Gasteiger partial charge in [-0.2, -0.15) is 0 Å². The summed E-state index contributed by atoms with van der Waals surface area (Å²) in [6, 6.07) is -1.35. The number of phenols is 1. The third-order valence-electron chi connectivity index (χ3n) is 1.09. The number of hydrogen-bond acceptors (Lipinski definition) is 1. The van der Waals surface area contributed by atoms with Gasteiger partial charge in [0, 0.05) is 0 Å². The highest BCUT2D eigenvalue weighted by molar-refractivity contribution is 5.32. The third kappa shape index (κ3) is 1.38. The first-order chi connectivity index (χ1) is 6.50. The van der Waals surface area contributed by atoms with Crippen LogP contribution in [-0.2, 0) is 6.42 Å². The fourth-order valence-electron chi connectivity index (χ4n) is 0.624. The van der Waals surface area contributed by atoms with E-state index in [1.54, 1.807) is 0 Å². The number of para-hydroxylation sites is 1. The van der Waals surface area contributed by atoms with Crippen molar-refractivity contribution in [1.82, 2.24) is 0 Å². The first-order valence-electron chi connectivity index (χ1n) is 4.89. The fraction of sp³-hybridized carbons (Fsp3) is 0.111. The number of benzene rings is 1. The Bertz CT molecular complexity index is 358. The standard InChI is InChI=1S/C9H10O/c1-2-5-8-6-3-4-7-9(8)10/h2-4,6-7,10H,1,5H2/i3D,4D,6D,7D. The second-order valence-electron chi connectivity index (χ2n) is 1.82. The molecular formula is C9H10O. The molecule has 1 rings (SSSR count). The Labute approximate surface area is 66.3 Å². The van der Waals surface area contributed by atoms with E-state index in [9.17, 15) is 5.11 Å². The van der Waals surface area contributed by atoms with Gasteiger partial charge < -0.3 is 5.11 Å². The van der Waals surface area contributed by atoms with E-state index in [0.717, 1.165) is 0 Å². The van der Waals surface area contributed by atoms with E-state index < -0.39 is 17.8 Å². The lowest BCUT2D eigenvalue weighted by atomic mass is 10.1. The van der Waals surface area contributed by atoms with E-state index in [0.29, 0.717) is 0 Å². The molecule has 1 aromatic carbocycles. The number of hydrogen-bond donors (Lipinski definition) is 1. The van der Waals surface area contributed by atoms with Crippen molar-refractivity contribution < 1.29 is 10.6 Å². The molecule has 0 bridgehead atoms. The lowest BCUT2D eigenvalue weighted by Gasteiger charge is -1.97. The largest absolute Gasteiger partial charge is 0.508 e. The van der Waals surface area contributed by atoms with Gasteiger partial charge in [0.25, 0.3) is 0 Å². The molecule has 0 fully saturated rings. The van der Waals surface area contributed by atoms with Crippen LogP contribution in [0.1, 0.15) is 11.0 Å². The first kappa shape index (κ1) is 3.24. The molecule has 0 aliphatic heterocycles. The van der Waals surface area contributed by atoms with Gasteiger partial charge in [-0.3, -0.25) is 0 Å². The molecule has 1 heteroatoms. The van der Waals surface area contributed by atoms with Crippen LogP contribution >= 0.6 is 0 Å². The van der Waals surface area contributed by atoms with Gasteiger partial charge in [-0.15, -0.1) is 6.58 Å². The van der Waals surface area contributed by atoms with Crippen LogP contribution in [0.15, 0.2) is 36.8 Å². The molecular weight excluding hydrogens is 124 g/mol. The summed E-state index contributed by atoms with van der Waals surface area (Å²) >= 11 is 0. The van der Waals surface area contributed by atoms with Gasteiger partial charge >= 0.3 is 0 Å². The summed E-state index contributed by atoms with van der Waals surface area (Å²) in [6.07, 6.45) is 1.71. The van der Waals surface area contributed by atoms with Crippen LogP contribution in [0.3, 0.4) is 0 Å². The minimum Gasteiger partial charge on any atom is -0.508 e. The van der Waals surface area contributed by atoms with Crippen molar-refractivity contribution in [2.75, 3.05) is 0 Å². The molecule has 0 aromatic heterocycles. The summed E-state index contributed by atoms with van der Waals surface area (Å²) in [5.41, 5.74) is 0.186. The third-order valence-corrected chi connectivity index (χ3v) is 1.09. The molecule has 0 saturated heterocycles. The summed E-state index contributed by atoms with van der Waals surface area (Å²) in [5.74, 6) is -0.393. The highest BCUT2D eigenvalue weighted by Crippen LogP contribution is 2.15. The Kier molecular flexibility index (Phi) is 0.992. The van der Waals surface area contributed by atoms with E-state index in [1.165, 1.54) is 6.08 Å². The van der Waals surface area contributed by atoms with Crippen LogP contribution in [-0.4, -0.2) is 5.11 Å². The van der Waals surface area contributed by atoms with Gasteiger partial charge in [-0.1, -0.05) is 24.2 Å². The van der Waals surface area contributed by atoms with Gasteiger partial charge in [0.05, 0.1) is 5.48 Å². The lowest BCUT2D eigenvalue weighted by Crippen LogP contribution is -1.79. The summed E-state index contributed by atoms with van der Waals surface area (Å²) in [6.45, 7) is 3.46. The normalized spacial score (nSPS) is 14.8. The second kappa shape index (κ2) is 3.06. The molecule has 0 unspecified atom stereocenters. The van der Waals surface area contributed by atoms with E-state index in [2.05, 4.69) is 6.58 Å². The monoisotopic (exact) mass is 138 g/mol. The average molecular weight is 138 g/mol. The van der Waals surface area contributed by atoms with Gasteiger partial charge in [0.2, 0.25) is 0 Å². The van der Waals surface area contributed by atoms with E-state index in [4.69, 9.17) is 5.48 Å². The summed E-state index contributed by atoms with van der Waals surface area (Å²) in [7, 11) is 0. The Morgan fingerprint density at radius 2 is 2.30 bits per heavy atom. The summed E-state index contributed by atoms with van der Waals surface area (Å²) in [5, 5.41) is 9.46. The van der Waals surface area contributed by atoms with Crippen molar-refractivity contribution in [2.24, 2.45) is 0 Å². The van der Waals surface area contributed by atoms with E-state index in [1.807, 2.05) is 0 Å². The van der Waals surface area contributed by atoms with Gasteiger partial charge in [0.15, 0.2) is 0 Å². The Hall–Kier alpha value is -1.24. The predicted molar refractivity (Wildman–Crippen MR) is 42.0 cm³/mol. The van der Waals surface area contributed by atoms with Crippen molar-refractivity contribution in [3.63, 3.8) is 0 Å². The van der Waals surface area contributed by atoms with Crippen LogP contribution in [0.5, 0.6) is 5.75 Å². The highest BCUT2D eigenvalue weighted by atomic mass is 16.3. The minimum absolute atomic E-state index is 0.186. The van der Waals surface area contributed by atoms with Gasteiger partial charge in [-0.25, -0.2) is 0 Å². The number of phenolic OH excluding ortho intramolecular Hbond substituents is 1. The van der Waals surface area contributed by atoms with Crippen LogP contribution < -0.4 is 0 Å². The maximum absolute atomic E-state index is 9.46. The molecule has 1 nitrogen and oxygen atoms in total. The number of aromatic hydroxyl groups is 1. The zero-order chi connectivity index (χ0) is 10.9. The highest BCUT2D eigenvalue weighted by Gasteiger charge is 1.93. The Morgan fingerprint density at radius 3 is 3.00 bits per heavy atom. The average Bonchev–Trinajstić information content (AvgIpc) is 2.19. The molecule has 0 aliphatic rings. The van der Waals surface area contributed by atoms with Crippen LogP contribution in [0.25, 0.3) is 0 Å². The molecule has 0 atom stereocenters. The molecule has 0 radical (unpaired) electrons. The van der Waals surface area contributed by atoms with Crippen molar-refractivity contribution >= 4 is 0 Å². The zero-order valence-corrected chi connectivity index (χ0v) is 5.44. The van der Waals surface area contributed by atoms with Crippen LogP contribution in [0, 0.1) is 0 Å². The van der Waals surface area contributed by atoms with Crippen molar-refractivity contribution in [3.05, 3.63) is 42.4 Å². The second-order valence-corrected chi connectivity index (χ2v) is 1.82. The van der Waals surface area contributed by atoms with E-state index in [-0.39, 0.29) is 24.1 Å². The summed E-state index contributed by atoms with van der Waals surface area (Å²) < 4.78 is 29.4. The van der Waals surface area contributed by atoms with Crippen molar-refractivity contribution in [2.45, 2.75) is 6.42 Å². The molecule has 0 saturated carbocycles. The molecule has 0 spiro atoms. The number of allylic oxidation sites excluding steroid dienone is 1. The van der Waals surface area contributed by atoms with Crippen LogP contribution in [0.2, 0.25) is 0 Å². The predicted octanol–water partition coefficient (Wildman–Crippen LogP) is 2.12. The summed E-state index contributed by atoms with van der Waals surface area (Å²) in [4.78, 5) is 0. The maximum atomic E-state index is 9.46. The first-order valence-corrected chi connectivity index (χ1v) is 2.89. The zero-order valence-electron chi connectivity index (χ0n) is 9.44. The van der Waals surface area contributed by atoms with Gasteiger partial charge in [0.1, 0.15) is 5.75 Å². The molecule has 0 aliphatic carbocycles. The topological polar surface area (TPSA) is 20.2 Å². The molecule has 52 valence electrons. The smallest absolute Gasteiger partial charge is 0.119 e. The lowest BCUT2D eigenvalue weighted by molar-refractivity contribution is 0.470. The Morgan fingerprint density at radius 1 is 1.60 bits per heavy atom. The Balaban J connectivity index is 3.50. The maximum Gasteiger partial charge on any atom is 0.119 e. The van der Waals surface area contributed by atoms with E-state index >= 15 is 0 Å². The quantitative estimate of drug-likeness (QED) is 0.620. The molecule has 0 heterocycles. The minimum atomic E-state index is -0.416. The molecule has 0 amide bonds. The molecule has 1 N–H and O–H groups in total. The van der Waals surface area contributed by atoms with Crippen molar-refractivity contribution in [3.8, 4) is 5.75 Å². The fourth-order valence-corrected chi connectivity index (χ4v) is 0.624.